The molecule has 0 unspecified atom stereocenters. The molecule has 1 aromatic carbocycles. The third-order valence-corrected chi connectivity index (χ3v) is 4.43. The van der Waals surface area contributed by atoms with Gasteiger partial charge < -0.3 is 5.73 Å². The van der Waals surface area contributed by atoms with E-state index in [-0.39, 0.29) is 17.6 Å². The molecule has 3 rings (SSSR count). The van der Waals surface area contributed by atoms with Gasteiger partial charge >= 0.3 is 0 Å². The zero-order chi connectivity index (χ0) is 15.9. The summed E-state index contributed by atoms with van der Waals surface area (Å²) in [6, 6.07) is 7.12. The van der Waals surface area contributed by atoms with Gasteiger partial charge in [0.05, 0.1) is 11.4 Å². The zero-order valence-electron chi connectivity index (χ0n) is 12.3. The topological polar surface area (TPSA) is 88.1 Å². The fourth-order valence-electron chi connectivity index (χ4n) is 2.44. The minimum absolute atomic E-state index is 0.0738. The van der Waals surface area contributed by atoms with Crippen LogP contribution in [0.15, 0.2) is 34.3 Å². The van der Waals surface area contributed by atoms with E-state index in [1.807, 2.05) is 38.1 Å². The molecule has 2 aliphatic heterocycles. The van der Waals surface area contributed by atoms with Gasteiger partial charge in [-0.3, -0.25) is 14.6 Å². The maximum Gasteiger partial charge on any atom is 0.259 e. The van der Waals surface area contributed by atoms with Gasteiger partial charge in [-0.2, -0.15) is 0 Å². The number of rotatable bonds is 3. The minimum atomic E-state index is -0.447. The van der Waals surface area contributed by atoms with Gasteiger partial charge in [0.25, 0.3) is 5.91 Å². The lowest BCUT2D eigenvalue weighted by atomic mass is 10.1. The number of hydrogen-bond acceptors (Lipinski definition) is 5. The van der Waals surface area contributed by atoms with Crippen LogP contribution < -0.4 is 5.73 Å². The number of thioether (sulfide) groups is 1. The van der Waals surface area contributed by atoms with Crippen LogP contribution >= 0.6 is 11.8 Å². The van der Waals surface area contributed by atoms with E-state index in [9.17, 15) is 9.59 Å². The van der Waals surface area contributed by atoms with E-state index < -0.39 is 11.9 Å². The Kier molecular flexibility index (Phi) is 3.74. The van der Waals surface area contributed by atoms with Crippen LogP contribution in [0.4, 0.5) is 5.69 Å². The van der Waals surface area contributed by atoms with Crippen molar-refractivity contribution in [2.75, 3.05) is 5.75 Å². The maximum atomic E-state index is 12.6. The molecule has 2 heterocycles. The van der Waals surface area contributed by atoms with Gasteiger partial charge in [0, 0.05) is 5.56 Å². The van der Waals surface area contributed by atoms with Crippen molar-refractivity contribution >= 4 is 40.3 Å². The van der Waals surface area contributed by atoms with Crippen molar-refractivity contribution in [2.24, 2.45) is 21.6 Å². The second-order valence-corrected chi connectivity index (χ2v) is 6.42. The summed E-state index contributed by atoms with van der Waals surface area (Å²) in [5.74, 6) is 0.235. The lowest BCUT2D eigenvalue weighted by Crippen LogP contribution is -2.42. The van der Waals surface area contributed by atoms with Crippen molar-refractivity contribution in [2.45, 2.75) is 19.9 Å². The number of carbonyl (C=O) groups excluding carboxylic acids is 2. The summed E-state index contributed by atoms with van der Waals surface area (Å²) >= 11 is 1.16. The predicted molar refractivity (Wildman–Crippen MR) is 87.2 cm³/mol. The number of benzene rings is 1. The Bertz CT molecular complexity index is 711. The normalized spacial score (nSPS) is 19.7. The number of nitrogens with zero attached hydrogens (tertiary/aromatic N) is 3. The van der Waals surface area contributed by atoms with E-state index >= 15 is 0 Å². The first-order valence-corrected chi connectivity index (χ1v) is 7.98. The van der Waals surface area contributed by atoms with Gasteiger partial charge in [0.1, 0.15) is 11.9 Å². The van der Waals surface area contributed by atoms with Crippen LogP contribution in [0, 0.1) is 5.92 Å². The van der Waals surface area contributed by atoms with E-state index in [4.69, 9.17) is 5.73 Å². The average Bonchev–Trinajstić information content (AvgIpc) is 2.83. The fraction of sp³-hybridized carbons (Fsp3) is 0.333. The monoisotopic (exact) mass is 316 g/mol. The second kappa shape index (κ2) is 5.57. The minimum Gasteiger partial charge on any atom is -0.369 e. The van der Waals surface area contributed by atoms with Gasteiger partial charge in [-0.25, -0.2) is 9.89 Å². The molecule has 22 heavy (non-hydrogen) atoms. The number of amidine groups is 2. The van der Waals surface area contributed by atoms with Crippen LogP contribution in [0.25, 0.3) is 0 Å². The molecular formula is C15H16N4O2S. The van der Waals surface area contributed by atoms with Gasteiger partial charge in [-0.15, -0.1) is 0 Å². The Labute approximate surface area is 132 Å². The zero-order valence-corrected chi connectivity index (χ0v) is 13.1. The molecular weight excluding hydrogens is 300 g/mol. The highest BCUT2D eigenvalue weighted by atomic mass is 32.2. The first-order chi connectivity index (χ1) is 10.5. The van der Waals surface area contributed by atoms with Crippen molar-refractivity contribution in [3.8, 4) is 0 Å². The second-order valence-electron chi connectivity index (χ2n) is 5.48. The highest BCUT2D eigenvalue weighted by Crippen LogP contribution is 2.34. The Morgan fingerprint density at radius 1 is 1.41 bits per heavy atom. The molecule has 2 amide bonds. The van der Waals surface area contributed by atoms with Gasteiger partial charge in [-0.1, -0.05) is 37.7 Å². The van der Waals surface area contributed by atoms with E-state index in [0.717, 1.165) is 23.0 Å². The molecule has 1 aromatic rings. The maximum absolute atomic E-state index is 12.6. The molecule has 0 spiro atoms. The summed E-state index contributed by atoms with van der Waals surface area (Å²) < 4.78 is 0. The number of primary amides is 1. The quantitative estimate of drug-likeness (QED) is 0.917. The molecule has 0 saturated heterocycles. The van der Waals surface area contributed by atoms with Gasteiger partial charge in [0.2, 0.25) is 5.91 Å². The molecule has 0 bridgehead atoms. The Morgan fingerprint density at radius 2 is 2.14 bits per heavy atom. The summed E-state index contributed by atoms with van der Waals surface area (Å²) in [6.07, 6.45) is 0. The van der Waals surface area contributed by atoms with Crippen molar-refractivity contribution in [1.29, 1.82) is 0 Å². The highest BCUT2D eigenvalue weighted by Gasteiger charge is 2.42. The predicted octanol–water partition coefficient (Wildman–Crippen LogP) is 1.52. The Morgan fingerprint density at radius 3 is 2.82 bits per heavy atom. The molecule has 0 fully saturated rings. The molecule has 6 nitrogen and oxygen atoms in total. The molecule has 114 valence electrons. The van der Waals surface area contributed by atoms with Crippen molar-refractivity contribution < 1.29 is 9.59 Å². The molecule has 0 aromatic heterocycles. The summed E-state index contributed by atoms with van der Waals surface area (Å²) in [6.45, 7) is 3.93. The lowest BCUT2D eigenvalue weighted by molar-refractivity contribution is -0.125. The van der Waals surface area contributed by atoms with E-state index in [2.05, 4.69) is 9.98 Å². The van der Waals surface area contributed by atoms with Crippen molar-refractivity contribution in [3.05, 3.63) is 29.8 Å². The van der Waals surface area contributed by atoms with Crippen LogP contribution in [0.3, 0.4) is 0 Å². The number of fused-ring (bicyclic) bond motifs is 3. The van der Waals surface area contributed by atoms with Crippen LogP contribution in [-0.2, 0) is 9.59 Å². The highest BCUT2D eigenvalue weighted by molar-refractivity contribution is 8.14. The van der Waals surface area contributed by atoms with Crippen LogP contribution in [0.5, 0.6) is 0 Å². The summed E-state index contributed by atoms with van der Waals surface area (Å²) in [5.41, 5.74) is 6.79. The number of carbonyl (C=O) groups is 2. The molecule has 7 heteroatoms. The number of para-hydroxylation sites is 1. The molecule has 0 saturated carbocycles. The third kappa shape index (κ3) is 2.41. The summed E-state index contributed by atoms with van der Waals surface area (Å²) in [4.78, 5) is 34.3. The van der Waals surface area contributed by atoms with Crippen LogP contribution in [0.1, 0.15) is 19.4 Å². The SMILES string of the molecule is CC(C)[C@H]1N=C2c3ccccc3N=C(SCC(N)=O)N2C1=O. The number of hydrogen-bond donors (Lipinski definition) is 1. The molecule has 2 N–H and O–H groups in total. The summed E-state index contributed by atoms with van der Waals surface area (Å²) in [7, 11) is 0. The van der Waals surface area contributed by atoms with Crippen molar-refractivity contribution in [1.82, 2.24) is 4.90 Å². The first-order valence-electron chi connectivity index (χ1n) is 7.00. The lowest BCUT2D eigenvalue weighted by Gasteiger charge is -2.25. The average molecular weight is 316 g/mol. The van der Waals surface area contributed by atoms with Crippen LogP contribution in [-0.4, -0.2) is 39.5 Å². The smallest absolute Gasteiger partial charge is 0.259 e. The molecule has 0 aliphatic carbocycles. The first kappa shape index (κ1) is 14.8. The fourth-order valence-corrected chi connectivity index (χ4v) is 3.18. The molecule has 2 aliphatic rings. The number of nitrogens with two attached hydrogens (primary N) is 1. The van der Waals surface area contributed by atoms with Crippen molar-refractivity contribution in [3.63, 3.8) is 0 Å². The summed E-state index contributed by atoms with van der Waals surface area (Å²) in [5, 5.41) is 0.462. The Hall–Kier alpha value is -2.15. The van der Waals surface area contributed by atoms with E-state index in [1.54, 1.807) is 0 Å². The molecule has 0 radical (unpaired) electrons. The Balaban J connectivity index is 2.06. The van der Waals surface area contributed by atoms with Gasteiger partial charge in [0.15, 0.2) is 5.17 Å². The van der Waals surface area contributed by atoms with Gasteiger partial charge in [-0.05, 0) is 18.1 Å². The number of amides is 2. The van der Waals surface area contributed by atoms with E-state index in [0.29, 0.717) is 11.0 Å². The standard InChI is InChI=1S/C15H16N4O2S/c1-8(2)12-14(21)19-13(18-12)9-5-3-4-6-10(9)17-15(19)22-7-11(16)20/h3-6,8,12H,7H2,1-2H3,(H2,16,20)/t12-/m1/s1. The van der Waals surface area contributed by atoms with Crippen LogP contribution in [0.2, 0.25) is 0 Å². The largest absolute Gasteiger partial charge is 0.369 e. The molecule has 1 atom stereocenters. The third-order valence-electron chi connectivity index (χ3n) is 3.47. The van der Waals surface area contributed by atoms with E-state index in [1.165, 1.54) is 4.90 Å². The number of aliphatic imine (C=N–C) groups is 2.